The third-order valence-corrected chi connectivity index (χ3v) is 4.63. The van der Waals surface area contributed by atoms with Gasteiger partial charge in [-0.1, -0.05) is 43.5 Å². The fourth-order valence-electron chi connectivity index (χ4n) is 3.37. The minimum Gasteiger partial charge on any atom is -0.390 e. The van der Waals surface area contributed by atoms with Gasteiger partial charge in [-0.2, -0.15) is 0 Å². The van der Waals surface area contributed by atoms with Crippen LogP contribution in [-0.2, 0) is 21.7 Å². The standard InChI is InChI=1S/C17H24O3/c1-16(19-11-12-20-16)15-7-5-14(6-8-15)13-17(18)9-3-2-4-10-17/h5-8,18H,2-4,9-13H2,1H3. The van der Waals surface area contributed by atoms with Gasteiger partial charge >= 0.3 is 0 Å². The van der Waals surface area contributed by atoms with Gasteiger partial charge in [-0.05, 0) is 25.3 Å². The van der Waals surface area contributed by atoms with Gasteiger partial charge in [0.15, 0.2) is 5.79 Å². The summed E-state index contributed by atoms with van der Waals surface area (Å²) in [6.45, 7) is 3.26. The summed E-state index contributed by atoms with van der Waals surface area (Å²) in [7, 11) is 0. The number of aliphatic hydroxyl groups is 1. The van der Waals surface area contributed by atoms with Crippen molar-refractivity contribution in [1.29, 1.82) is 0 Å². The van der Waals surface area contributed by atoms with E-state index in [4.69, 9.17) is 9.47 Å². The molecule has 0 atom stereocenters. The molecule has 1 aliphatic heterocycles. The first kappa shape index (κ1) is 14.1. The van der Waals surface area contributed by atoms with Crippen molar-refractivity contribution in [2.45, 2.75) is 56.8 Å². The van der Waals surface area contributed by atoms with Crippen LogP contribution in [0.15, 0.2) is 24.3 Å². The largest absolute Gasteiger partial charge is 0.390 e. The molecule has 1 saturated carbocycles. The van der Waals surface area contributed by atoms with E-state index in [-0.39, 0.29) is 0 Å². The molecule has 1 heterocycles. The van der Waals surface area contributed by atoms with Gasteiger partial charge < -0.3 is 14.6 Å². The minimum atomic E-state index is -0.597. The summed E-state index contributed by atoms with van der Waals surface area (Å²) in [6, 6.07) is 8.32. The zero-order chi connectivity index (χ0) is 14.1. The van der Waals surface area contributed by atoms with Crippen LogP contribution in [-0.4, -0.2) is 23.9 Å². The van der Waals surface area contributed by atoms with Crippen LogP contribution in [0.2, 0.25) is 0 Å². The van der Waals surface area contributed by atoms with Gasteiger partial charge in [-0.15, -0.1) is 0 Å². The molecule has 0 aromatic heterocycles. The first-order valence-electron chi connectivity index (χ1n) is 7.69. The number of rotatable bonds is 3. The second-order valence-corrected chi connectivity index (χ2v) is 6.30. The predicted molar refractivity (Wildman–Crippen MR) is 77.4 cm³/mol. The van der Waals surface area contributed by atoms with Gasteiger partial charge in [-0.25, -0.2) is 0 Å². The monoisotopic (exact) mass is 276 g/mol. The maximum absolute atomic E-state index is 10.6. The van der Waals surface area contributed by atoms with E-state index in [0.29, 0.717) is 13.2 Å². The highest BCUT2D eigenvalue weighted by Gasteiger charge is 2.33. The Hall–Kier alpha value is -0.900. The molecule has 3 nitrogen and oxygen atoms in total. The lowest BCUT2D eigenvalue weighted by molar-refractivity contribution is -0.149. The van der Waals surface area contributed by atoms with Crippen LogP contribution in [0.1, 0.15) is 50.2 Å². The average molecular weight is 276 g/mol. The van der Waals surface area contributed by atoms with Gasteiger partial charge in [0, 0.05) is 12.0 Å². The molecule has 0 amide bonds. The van der Waals surface area contributed by atoms with Crippen molar-refractivity contribution in [2.24, 2.45) is 0 Å². The van der Waals surface area contributed by atoms with E-state index in [0.717, 1.165) is 37.7 Å². The molecular weight excluding hydrogens is 252 g/mol. The molecule has 0 unspecified atom stereocenters. The van der Waals surface area contributed by atoms with Gasteiger partial charge in [0.1, 0.15) is 0 Å². The molecule has 2 fully saturated rings. The molecule has 0 radical (unpaired) electrons. The predicted octanol–water partition coefficient (Wildman–Crippen LogP) is 3.14. The molecule has 1 N–H and O–H groups in total. The summed E-state index contributed by atoms with van der Waals surface area (Å²) in [5.74, 6) is -0.597. The summed E-state index contributed by atoms with van der Waals surface area (Å²) < 4.78 is 11.3. The molecule has 3 heteroatoms. The molecule has 3 rings (SSSR count). The molecule has 1 aliphatic carbocycles. The molecule has 1 aromatic carbocycles. The Balaban J connectivity index is 1.70. The lowest BCUT2D eigenvalue weighted by atomic mass is 9.80. The maximum atomic E-state index is 10.6. The van der Waals surface area contributed by atoms with Gasteiger partial charge in [0.2, 0.25) is 0 Å². The summed E-state index contributed by atoms with van der Waals surface area (Å²) in [5, 5.41) is 10.6. The number of hydrogen-bond donors (Lipinski definition) is 1. The average Bonchev–Trinajstić information content (AvgIpc) is 2.88. The third-order valence-electron chi connectivity index (χ3n) is 4.63. The Morgan fingerprint density at radius 2 is 1.60 bits per heavy atom. The Labute approximate surface area is 120 Å². The minimum absolute atomic E-state index is 0.496. The summed E-state index contributed by atoms with van der Waals surface area (Å²) >= 11 is 0. The van der Waals surface area contributed by atoms with Crippen LogP contribution in [0.5, 0.6) is 0 Å². The second kappa shape index (κ2) is 5.47. The van der Waals surface area contributed by atoms with E-state index in [1.54, 1.807) is 0 Å². The van der Waals surface area contributed by atoms with E-state index in [2.05, 4.69) is 24.3 Å². The molecule has 2 aliphatic rings. The highest BCUT2D eigenvalue weighted by molar-refractivity contribution is 5.27. The molecule has 1 saturated heterocycles. The van der Waals surface area contributed by atoms with Gasteiger partial charge in [-0.3, -0.25) is 0 Å². The van der Waals surface area contributed by atoms with Crippen molar-refractivity contribution in [3.8, 4) is 0 Å². The first-order chi connectivity index (χ1) is 9.60. The Kier molecular flexibility index (Phi) is 3.85. The fraction of sp³-hybridized carbons (Fsp3) is 0.647. The van der Waals surface area contributed by atoms with E-state index >= 15 is 0 Å². The van der Waals surface area contributed by atoms with Crippen molar-refractivity contribution in [2.75, 3.05) is 13.2 Å². The van der Waals surface area contributed by atoms with Crippen LogP contribution < -0.4 is 0 Å². The van der Waals surface area contributed by atoms with Crippen LogP contribution in [0.3, 0.4) is 0 Å². The molecule has 20 heavy (non-hydrogen) atoms. The van der Waals surface area contributed by atoms with Crippen LogP contribution in [0.25, 0.3) is 0 Å². The third kappa shape index (κ3) is 2.90. The van der Waals surface area contributed by atoms with Crippen LogP contribution in [0.4, 0.5) is 0 Å². The van der Waals surface area contributed by atoms with Crippen molar-refractivity contribution in [3.05, 3.63) is 35.4 Å². The number of benzene rings is 1. The smallest absolute Gasteiger partial charge is 0.192 e. The molecule has 110 valence electrons. The highest BCUT2D eigenvalue weighted by atomic mass is 16.7. The van der Waals surface area contributed by atoms with Crippen molar-refractivity contribution < 1.29 is 14.6 Å². The normalized spacial score (nSPS) is 24.7. The summed E-state index contributed by atoms with van der Waals surface area (Å²) in [4.78, 5) is 0. The van der Waals surface area contributed by atoms with E-state index in [9.17, 15) is 5.11 Å². The van der Waals surface area contributed by atoms with Gasteiger partial charge in [0.25, 0.3) is 0 Å². The zero-order valence-electron chi connectivity index (χ0n) is 12.2. The lowest BCUT2D eigenvalue weighted by Gasteiger charge is -2.32. The van der Waals surface area contributed by atoms with Crippen molar-refractivity contribution in [1.82, 2.24) is 0 Å². The van der Waals surface area contributed by atoms with E-state index in [1.807, 2.05) is 6.92 Å². The van der Waals surface area contributed by atoms with E-state index in [1.165, 1.54) is 12.0 Å². The fourth-order valence-corrected chi connectivity index (χ4v) is 3.37. The Bertz CT molecular complexity index is 440. The number of ether oxygens (including phenoxy) is 2. The van der Waals surface area contributed by atoms with Crippen LogP contribution >= 0.6 is 0 Å². The molecular formula is C17H24O3. The van der Waals surface area contributed by atoms with Crippen LogP contribution in [0, 0.1) is 0 Å². The number of hydrogen-bond acceptors (Lipinski definition) is 3. The maximum Gasteiger partial charge on any atom is 0.192 e. The second-order valence-electron chi connectivity index (χ2n) is 6.30. The highest BCUT2D eigenvalue weighted by Crippen LogP contribution is 2.33. The Morgan fingerprint density at radius 1 is 1.00 bits per heavy atom. The molecule has 0 bridgehead atoms. The SMILES string of the molecule is CC1(c2ccc(CC3(O)CCCCC3)cc2)OCCO1. The first-order valence-corrected chi connectivity index (χ1v) is 7.69. The van der Waals surface area contributed by atoms with Crippen molar-refractivity contribution >= 4 is 0 Å². The molecule has 1 aromatic rings. The molecule has 0 spiro atoms. The quantitative estimate of drug-likeness (QED) is 0.921. The zero-order valence-corrected chi connectivity index (χ0v) is 12.2. The summed E-state index contributed by atoms with van der Waals surface area (Å²) in [6.07, 6.45) is 6.17. The summed E-state index contributed by atoms with van der Waals surface area (Å²) in [5.41, 5.74) is 1.75. The van der Waals surface area contributed by atoms with E-state index < -0.39 is 11.4 Å². The lowest BCUT2D eigenvalue weighted by Crippen LogP contribution is -2.33. The topological polar surface area (TPSA) is 38.7 Å². The van der Waals surface area contributed by atoms with Crippen molar-refractivity contribution in [3.63, 3.8) is 0 Å². The Morgan fingerprint density at radius 3 is 2.20 bits per heavy atom. The van der Waals surface area contributed by atoms with Gasteiger partial charge in [0.05, 0.1) is 18.8 Å².